The lowest BCUT2D eigenvalue weighted by atomic mass is 10.1. The van der Waals surface area contributed by atoms with E-state index < -0.39 is 11.8 Å². The summed E-state index contributed by atoms with van der Waals surface area (Å²) < 4.78 is 23.9. The van der Waals surface area contributed by atoms with Crippen molar-refractivity contribution in [2.24, 2.45) is 0 Å². The highest BCUT2D eigenvalue weighted by Gasteiger charge is 2.16. The zero-order valence-corrected chi connectivity index (χ0v) is 11.9. The second kappa shape index (κ2) is 6.26. The summed E-state index contributed by atoms with van der Waals surface area (Å²) in [6, 6.07) is 8.85. The fourth-order valence-corrected chi connectivity index (χ4v) is 1.81. The topological polar surface area (TPSA) is 61.5 Å². The van der Waals surface area contributed by atoms with Crippen LogP contribution in [0.25, 0.3) is 0 Å². The van der Waals surface area contributed by atoms with Gasteiger partial charge in [0, 0.05) is 11.8 Å². The highest BCUT2D eigenvalue weighted by molar-refractivity contribution is 5.93. The summed E-state index contributed by atoms with van der Waals surface area (Å²) >= 11 is 0. The monoisotopic (exact) mass is 289 g/mol. The molecule has 2 rings (SSSR count). The predicted octanol–water partition coefficient (Wildman–Crippen LogP) is 3.69. The van der Waals surface area contributed by atoms with Gasteiger partial charge in [-0.1, -0.05) is 6.07 Å². The number of carbonyl (C=O) groups is 1. The number of carbonyl (C=O) groups excluding carboxylic acids is 1. The number of hydrogen-bond donors (Lipinski definition) is 1. The van der Waals surface area contributed by atoms with Crippen molar-refractivity contribution in [2.75, 3.05) is 12.3 Å². The first-order valence-electron chi connectivity index (χ1n) is 6.52. The summed E-state index contributed by atoms with van der Waals surface area (Å²) in [6.45, 7) is 3.74. The van der Waals surface area contributed by atoms with Crippen molar-refractivity contribution in [3.63, 3.8) is 0 Å². The number of esters is 1. The molecule has 2 aromatic carbocycles. The van der Waals surface area contributed by atoms with Crippen molar-refractivity contribution in [1.82, 2.24) is 0 Å². The Morgan fingerprint density at radius 1 is 1.19 bits per heavy atom. The molecule has 2 aromatic rings. The molecule has 0 fully saturated rings. The van der Waals surface area contributed by atoms with Gasteiger partial charge >= 0.3 is 5.97 Å². The van der Waals surface area contributed by atoms with Gasteiger partial charge in [0.1, 0.15) is 22.9 Å². The maximum atomic E-state index is 13.3. The molecule has 0 atom stereocenters. The second-order valence-corrected chi connectivity index (χ2v) is 4.49. The fourth-order valence-electron chi connectivity index (χ4n) is 1.81. The van der Waals surface area contributed by atoms with Crippen LogP contribution in [0.2, 0.25) is 0 Å². The third-order valence-corrected chi connectivity index (χ3v) is 2.87. The number of hydrogen-bond acceptors (Lipinski definition) is 4. The maximum Gasteiger partial charge on any atom is 0.342 e. The Kier molecular flexibility index (Phi) is 4.42. The maximum absolute atomic E-state index is 13.3. The summed E-state index contributed by atoms with van der Waals surface area (Å²) in [5.41, 5.74) is 7.07. The molecule has 0 aliphatic carbocycles. The predicted molar refractivity (Wildman–Crippen MR) is 78.0 cm³/mol. The summed E-state index contributed by atoms with van der Waals surface area (Å²) in [6.07, 6.45) is 0. The molecule has 0 bridgehead atoms. The lowest BCUT2D eigenvalue weighted by molar-refractivity contribution is 0.0523. The fraction of sp³-hybridized carbons (Fsp3) is 0.188. The molecule has 0 radical (unpaired) electrons. The van der Waals surface area contributed by atoms with Gasteiger partial charge in [-0.15, -0.1) is 0 Å². The largest absolute Gasteiger partial charge is 0.462 e. The van der Waals surface area contributed by atoms with Gasteiger partial charge in [-0.3, -0.25) is 0 Å². The van der Waals surface area contributed by atoms with E-state index in [1.54, 1.807) is 32.0 Å². The second-order valence-electron chi connectivity index (χ2n) is 4.49. The van der Waals surface area contributed by atoms with E-state index in [-0.39, 0.29) is 17.9 Å². The van der Waals surface area contributed by atoms with Crippen LogP contribution in [0.1, 0.15) is 22.8 Å². The van der Waals surface area contributed by atoms with Gasteiger partial charge in [0.15, 0.2) is 0 Å². The van der Waals surface area contributed by atoms with Crippen molar-refractivity contribution < 1.29 is 18.7 Å². The number of halogens is 1. The van der Waals surface area contributed by atoms with Crippen molar-refractivity contribution in [2.45, 2.75) is 13.8 Å². The van der Waals surface area contributed by atoms with E-state index in [9.17, 15) is 9.18 Å². The third kappa shape index (κ3) is 3.51. The molecule has 0 saturated carbocycles. The molecule has 21 heavy (non-hydrogen) atoms. The first kappa shape index (κ1) is 14.8. The van der Waals surface area contributed by atoms with Crippen LogP contribution in [0.5, 0.6) is 11.5 Å². The molecule has 0 unspecified atom stereocenters. The average molecular weight is 289 g/mol. The lowest BCUT2D eigenvalue weighted by Gasteiger charge is -2.13. The summed E-state index contributed by atoms with van der Waals surface area (Å²) in [5, 5.41) is 0. The van der Waals surface area contributed by atoms with E-state index in [4.69, 9.17) is 15.2 Å². The van der Waals surface area contributed by atoms with Gasteiger partial charge in [-0.25, -0.2) is 9.18 Å². The van der Waals surface area contributed by atoms with E-state index in [2.05, 4.69) is 0 Å². The normalized spacial score (nSPS) is 10.2. The van der Waals surface area contributed by atoms with Crippen molar-refractivity contribution in [3.05, 3.63) is 53.3 Å². The van der Waals surface area contributed by atoms with Gasteiger partial charge in [0.2, 0.25) is 0 Å². The third-order valence-electron chi connectivity index (χ3n) is 2.87. The van der Waals surface area contributed by atoms with Gasteiger partial charge in [0.25, 0.3) is 0 Å². The summed E-state index contributed by atoms with van der Waals surface area (Å²) in [4.78, 5) is 11.9. The molecule has 0 heterocycles. The van der Waals surface area contributed by atoms with E-state index >= 15 is 0 Å². The Hall–Kier alpha value is -2.56. The number of aryl methyl sites for hydroxylation is 1. The van der Waals surface area contributed by atoms with Gasteiger partial charge in [0.05, 0.1) is 6.61 Å². The standard InChI is InChI=1S/C16H16FNO3/c1-3-20-16(19)13-9-12(18)6-7-14(13)21-15-8-11(17)5-4-10(15)2/h4-9H,3,18H2,1-2H3. The Morgan fingerprint density at radius 3 is 2.67 bits per heavy atom. The van der Waals surface area contributed by atoms with Crippen LogP contribution in [0, 0.1) is 12.7 Å². The Bertz CT molecular complexity index is 671. The van der Waals surface area contributed by atoms with Crippen LogP contribution in [0.3, 0.4) is 0 Å². The first-order chi connectivity index (χ1) is 10.0. The Morgan fingerprint density at radius 2 is 1.95 bits per heavy atom. The van der Waals surface area contributed by atoms with Crippen LogP contribution < -0.4 is 10.5 Å². The molecule has 0 aliphatic rings. The van der Waals surface area contributed by atoms with Gasteiger partial charge < -0.3 is 15.2 Å². The highest BCUT2D eigenvalue weighted by Crippen LogP contribution is 2.30. The molecular weight excluding hydrogens is 273 g/mol. The van der Waals surface area contributed by atoms with E-state index in [1.165, 1.54) is 18.2 Å². The molecule has 0 saturated heterocycles. The van der Waals surface area contributed by atoms with Crippen molar-refractivity contribution in [1.29, 1.82) is 0 Å². The zero-order valence-electron chi connectivity index (χ0n) is 11.9. The molecular formula is C16H16FNO3. The molecule has 5 heteroatoms. The highest BCUT2D eigenvalue weighted by atomic mass is 19.1. The number of nitrogens with two attached hydrogens (primary N) is 1. The Balaban J connectivity index is 2.39. The van der Waals surface area contributed by atoms with Gasteiger partial charge in [-0.05, 0) is 43.7 Å². The van der Waals surface area contributed by atoms with E-state index in [1.807, 2.05) is 0 Å². The number of rotatable bonds is 4. The van der Waals surface area contributed by atoms with E-state index in [0.717, 1.165) is 5.56 Å². The average Bonchev–Trinajstić information content (AvgIpc) is 2.45. The first-order valence-corrected chi connectivity index (χ1v) is 6.52. The number of benzene rings is 2. The van der Waals surface area contributed by atoms with Crippen LogP contribution in [0.4, 0.5) is 10.1 Å². The molecule has 0 aliphatic heterocycles. The lowest BCUT2D eigenvalue weighted by Crippen LogP contribution is -2.07. The quantitative estimate of drug-likeness (QED) is 0.689. The molecule has 0 aromatic heterocycles. The number of nitrogen functional groups attached to an aromatic ring is 1. The summed E-state index contributed by atoms with van der Waals surface area (Å²) in [7, 11) is 0. The van der Waals surface area contributed by atoms with Gasteiger partial charge in [-0.2, -0.15) is 0 Å². The van der Waals surface area contributed by atoms with Crippen LogP contribution in [0.15, 0.2) is 36.4 Å². The minimum atomic E-state index is -0.533. The van der Waals surface area contributed by atoms with Crippen LogP contribution in [-0.4, -0.2) is 12.6 Å². The number of anilines is 1. The smallest absolute Gasteiger partial charge is 0.342 e. The van der Waals surface area contributed by atoms with E-state index in [0.29, 0.717) is 11.4 Å². The molecule has 4 nitrogen and oxygen atoms in total. The molecule has 110 valence electrons. The van der Waals surface area contributed by atoms with Crippen molar-refractivity contribution >= 4 is 11.7 Å². The SMILES string of the molecule is CCOC(=O)c1cc(N)ccc1Oc1cc(F)ccc1C. The zero-order chi connectivity index (χ0) is 15.4. The molecule has 0 spiro atoms. The molecule has 2 N–H and O–H groups in total. The minimum Gasteiger partial charge on any atom is -0.462 e. The minimum absolute atomic E-state index is 0.209. The van der Waals surface area contributed by atoms with Crippen LogP contribution >= 0.6 is 0 Å². The Labute approximate surface area is 122 Å². The van der Waals surface area contributed by atoms with Crippen LogP contribution in [-0.2, 0) is 4.74 Å². The number of ether oxygens (including phenoxy) is 2. The van der Waals surface area contributed by atoms with Crippen molar-refractivity contribution in [3.8, 4) is 11.5 Å². The molecule has 0 amide bonds. The summed E-state index contributed by atoms with van der Waals surface area (Å²) in [5.74, 6) is -0.334.